The summed E-state index contributed by atoms with van der Waals surface area (Å²) in [5, 5.41) is 3.55. The average molecular weight is 196 g/mol. The number of hydrazone groups is 1. The van der Waals surface area contributed by atoms with E-state index in [1.54, 1.807) is 0 Å². The molecule has 4 nitrogen and oxygen atoms in total. The molecule has 1 saturated carbocycles. The Bertz CT molecular complexity index is 220. The maximum absolute atomic E-state index is 5.69. The van der Waals surface area contributed by atoms with E-state index in [2.05, 4.69) is 10.0 Å². The minimum Gasteiger partial charge on any atom is -0.368 e. The molecule has 2 fully saturated rings. The molecule has 0 unspecified atom stereocenters. The van der Waals surface area contributed by atoms with Gasteiger partial charge in [-0.05, 0) is 31.1 Å². The number of piperidine rings is 1. The van der Waals surface area contributed by atoms with Crippen molar-refractivity contribution in [2.24, 2.45) is 22.1 Å². The minimum atomic E-state index is 0.498. The fraction of sp³-hybridized carbons (Fsp3) is 0.900. The van der Waals surface area contributed by atoms with Crippen molar-refractivity contribution in [3.63, 3.8) is 0 Å². The maximum atomic E-state index is 5.69. The van der Waals surface area contributed by atoms with Crippen LogP contribution < -0.4 is 11.6 Å². The zero-order chi connectivity index (χ0) is 10.0. The summed E-state index contributed by atoms with van der Waals surface area (Å²) in [4.78, 5) is 2.10. The first-order valence-corrected chi connectivity index (χ1v) is 5.54. The predicted octanol–water partition coefficient (Wildman–Crippen LogP) is 0.831. The van der Waals surface area contributed by atoms with Gasteiger partial charge in [0.25, 0.3) is 0 Å². The van der Waals surface area contributed by atoms with Crippen LogP contribution >= 0.6 is 0 Å². The number of guanidine groups is 1. The molecule has 0 radical (unpaired) electrons. The summed E-state index contributed by atoms with van der Waals surface area (Å²) < 4.78 is 0. The zero-order valence-electron chi connectivity index (χ0n) is 8.71. The molecule has 14 heavy (non-hydrogen) atoms. The van der Waals surface area contributed by atoms with Crippen LogP contribution in [0.5, 0.6) is 0 Å². The molecule has 2 aliphatic rings. The van der Waals surface area contributed by atoms with Crippen molar-refractivity contribution in [2.45, 2.75) is 38.5 Å². The van der Waals surface area contributed by atoms with Gasteiger partial charge in [0, 0.05) is 13.1 Å². The second-order valence-corrected chi connectivity index (χ2v) is 4.68. The lowest BCUT2D eigenvalue weighted by Crippen LogP contribution is -2.46. The SMILES string of the molecule is NN=C(N)N1CCC2(CCCC2)CC1. The van der Waals surface area contributed by atoms with E-state index in [0.29, 0.717) is 11.4 Å². The molecule has 0 amide bonds. The Morgan fingerprint density at radius 3 is 2.14 bits per heavy atom. The highest BCUT2D eigenvalue weighted by molar-refractivity contribution is 5.77. The second-order valence-electron chi connectivity index (χ2n) is 4.68. The van der Waals surface area contributed by atoms with Crippen molar-refractivity contribution < 1.29 is 0 Å². The molecule has 1 saturated heterocycles. The Kier molecular flexibility index (Phi) is 2.52. The Balaban J connectivity index is 1.91. The van der Waals surface area contributed by atoms with Gasteiger partial charge in [0.05, 0.1) is 0 Å². The molecular weight excluding hydrogens is 176 g/mol. The summed E-state index contributed by atoms with van der Waals surface area (Å²) in [5.41, 5.74) is 6.33. The molecule has 0 bridgehead atoms. The van der Waals surface area contributed by atoms with Gasteiger partial charge in [-0.15, -0.1) is 5.10 Å². The second kappa shape index (κ2) is 3.67. The standard InChI is InChI=1S/C10H20N4/c11-9(13-12)14-7-5-10(6-8-14)3-1-2-4-10/h1-8,12H2,(H2,11,13). The molecule has 1 aliphatic carbocycles. The van der Waals surface area contributed by atoms with E-state index in [4.69, 9.17) is 11.6 Å². The van der Waals surface area contributed by atoms with Crippen LogP contribution in [-0.2, 0) is 0 Å². The first-order valence-electron chi connectivity index (χ1n) is 5.54. The lowest BCUT2D eigenvalue weighted by Gasteiger charge is -2.39. The smallest absolute Gasteiger partial charge is 0.213 e. The molecule has 4 N–H and O–H groups in total. The van der Waals surface area contributed by atoms with Crippen LogP contribution in [0.4, 0.5) is 0 Å². The van der Waals surface area contributed by atoms with Crippen molar-refractivity contribution in [1.29, 1.82) is 0 Å². The van der Waals surface area contributed by atoms with Gasteiger partial charge in [-0.2, -0.15) is 0 Å². The van der Waals surface area contributed by atoms with Crippen LogP contribution in [0.1, 0.15) is 38.5 Å². The highest BCUT2D eigenvalue weighted by atomic mass is 15.3. The molecule has 1 heterocycles. The van der Waals surface area contributed by atoms with Crippen LogP contribution in [0, 0.1) is 5.41 Å². The third-order valence-electron chi connectivity index (χ3n) is 3.94. The molecule has 0 aromatic carbocycles. The summed E-state index contributed by atoms with van der Waals surface area (Å²) in [6.45, 7) is 2.07. The van der Waals surface area contributed by atoms with Crippen molar-refractivity contribution >= 4 is 5.96 Å². The van der Waals surface area contributed by atoms with Gasteiger partial charge in [-0.3, -0.25) is 0 Å². The summed E-state index contributed by atoms with van der Waals surface area (Å²) in [6.07, 6.45) is 8.20. The molecule has 1 aliphatic heterocycles. The van der Waals surface area contributed by atoms with E-state index in [0.717, 1.165) is 13.1 Å². The maximum Gasteiger partial charge on any atom is 0.213 e. The highest BCUT2D eigenvalue weighted by Crippen LogP contribution is 2.45. The molecular formula is C10H20N4. The van der Waals surface area contributed by atoms with Gasteiger partial charge in [0.15, 0.2) is 0 Å². The number of nitrogens with two attached hydrogens (primary N) is 2. The van der Waals surface area contributed by atoms with E-state index in [1.165, 1.54) is 38.5 Å². The fourth-order valence-electron chi connectivity index (χ4n) is 2.92. The van der Waals surface area contributed by atoms with Crippen LogP contribution in [0.15, 0.2) is 5.10 Å². The third kappa shape index (κ3) is 1.65. The van der Waals surface area contributed by atoms with Crippen molar-refractivity contribution in [1.82, 2.24) is 4.90 Å². The van der Waals surface area contributed by atoms with E-state index < -0.39 is 0 Å². The van der Waals surface area contributed by atoms with Gasteiger partial charge >= 0.3 is 0 Å². The average Bonchev–Trinajstić information content (AvgIpc) is 2.67. The predicted molar refractivity (Wildman–Crippen MR) is 57.5 cm³/mol. The zero-order valence-corrected chi connectivity index (χ0v) is 8.71. The number of rotatable bonds is 0. The van der Waals surface area contributed by atoms with Gasteiger partial charge in [-0.1, -0.05) is 12.8 Å². The van der Waals surface area contributed by atoms with Crippen molar-refractivity contribution in [3.8, 4) is 0 Å². The lowest BCUT2D eigenvalue weighted by molar-refractivity contribution is 0.153. The lowest BCUT2D eigenvalue weighted by atomic mass is 9.77. The Hall–Kier alpha value is -0.930. The largest absolute Gasteiger partial charge is 0.368 e. The quantitative estimate of drug-likeness (QED) is 0.261. The monoisotopic (exact) mass is 196 g/mol. The third-order valence-corrected chi connectivity index (χ3v) is 3.94. The van der Waals surface area contributed by atoms with Crippen molar-refractivity contribution in [2.75, 3.05) is 13.1 Å². The fourth-order valence-corrected chi connectivity index (χ4v) is 2.92. The van der Waals surface area contributed by atoms with Gasteiger partial charge in [-0.25, -0.2) is 0 Å². The summed E-state index contributed by atoms with van der Waals surface area (Å²) in [7, 11) is 0. The van der Waals surface area contributed by atoms with Crippen LogP contribution in [0.3, 0.4) is 0 Å². The highest BCUT2D eigenvalue weighted by Gasteiger charge is 2.37. The van der Waals surface area contributed by atoms with E-state index in [1.807, 2.05) is 0 Å². The van der Waals surface area contributed by atoms with Crippen LogP contribution in [0.25, 0.3) is 0 Å². The van der Waals surface area contributed by atoms with E-state index in [-0.39, 0.29) is 0 Å². The number of likely N-dealkylation sites (tertiary alicyclic amines) is 1. The first kappa shape index (κ1) is 9.62. The van der Waals surface area contributed by atoms with Crippen LogP contribution in [0.2, 0.25) is 0 Å². The Labute approximate surface area is 85.3 Å². The van der Waals surface area contributed by atoms with Gasteiger partial charge in [0.2, 0.25) is 5.96 Å². The number of hydrogen-bond donors (Lipinski definition) is 2. The molecule has 80 valence electrons. The summed E-state index contributed by atoms with van der Waals surface area (Å²) in [5.74, 6) is 5.67. The number of hydrogen-bond acceptors (Lipinski definition) is 2. The normalized spacial score (nSPS) is 27.1. The summed E-state index contributed by atoms with van der Waals surface area (Å²) >= 11 is 0. The molecule has 2 rings (SSSR count). The molecule has 0 aromatic heterocycles. The minimum absolute atomic E-state index is 0.498. The topological polar surface area (TPSA) is 67.6 Å². The van der Waals surface area contributed by atoms with Gasteiger partial charge < -0.3 is 16.5 Å². The van der Waals surface area contributed by atoms with Crippen LogP contribution in [-0.4, -0.2) is 23.9 Å². The van der Waals surface area contributed by atoms with Gasteiger partial charge in [0.1, 0.15) is 0 Å². The first-order chi connectivity index (χ1) is 6.76. The molecule has 0 aromatic rings. The Morgan fingerprint density at radius 1 is 1.07 bits per heavy atom. The molecule has 1 spiro atoms. The number of nitrogens with zero attached hydrogens (tertiary/aromatic N) is 2. The summed E-state index contributed by atoms with van der Waals surface area (Å²) in [6, 6.07) is 0. The Morgan fingerprint density at radius 2 is 1.64 bits per heavy atom. The van der Waals surface area contributed by atoms with E-state index in [9.17, 15) is 0 Å². The molecule has 4 heteroatoms. The molecule has 0 atom stereocenters. The van der Waals surface area contributed by atoms with Crippen molar-refractivity contribution in [3.05, 3.63) is 0 Å². The van der Waals surface area contributed by atoms with E-state index >= 15 is 0 Å².